The molecule has 8 heteroatoms. The van der Waals surface area contributed by atoms with E-state index in [0.29, 0.717) is 26.8 Å². The third-order valence-electron chi connectivity index (χ3n) is 4.68. The standard InChI is InChI=1S/C25H17N3O4S/c29-21(16-13-17-11-14-20(15-12-17)28(31)32)26-25-27-22(18-7-3-1-4-8-18)24(33-25)23(30)19-9-5-2-6-10-19/h1-16H,(H,26,27,29). The van der Waals surface area contributed by atoms with Crippen molar-refractivity contribution in [1.29, 1.82) is 0 Å². The molecule has 1 N–H and O–H groups in total. The molecule has 3 aromatic carbocycles. The molecule has 1 heterocycles. The predicted molar refractivity (Wildman–Crippen MR) is 128 cm³/mol. The van der Waals surface area contributed by atoms with E-state index in [1.165, 1.54) is 18.2 Å². The number of anilines is 1. The maximum Gasteiger partial charge on any atom is 0.269 e. The fraction of sp³-hybridized carbons (Fsp3) is 0. The number of carbonyl (C=O) groups is 2. The smallest absolute Gasteiger partial charge is 0.269 e. The summed E-state index contributed by atoms with van der Waals surface area (Å²) < 4.78 is 0. The van der Waals surface area contributed by atoms with E-state index in [-0.39, 0.29) is 11.5 Å². The SMILES string of the molecule is O=C(C=Cc1ccc([N+](=O)[O-])cc1)Nc1nc(-c2ccccc2)c(C(=O)c2ccccc2)s1. The predicted octanol–water partition coefficient (Wildman–Crippen LogP) is 5.60. The Labute approximate surface area is 193 Å². The first-order chi connectivity index (χ1) is 16.0. The van der Waals surface area contributed by atoms with E-state index >= 15 is 0 Å². The lowest BCUT2D eigenvalue weighted by molar-refractivity contribution is -0.384. The van der Waals surface area contributed by atoms with Gasteiger partial charge in [-0.25, -0.2) is 4.98 Å². The van der Waals surface area contributed by atoms with Crippen molar-refractivity contribution in [3.8, 4) is 11.3 Å². The van der Waals surface area contributed by atoms with Gasteiger partial charge in [-0.1, -0.05) is 72.0 Å². The van der Waals surface area contributed by atoms with Crippen molar-refractivity contribution in [2.75, 3.05) is 5.32 Å². The van der Waals surface area contributed by atoms with Gasteiger partial charge < -0.3 is 0 Å². The Morgan fingerprint density at radius 2 is 1.55 bits per heavy atom. The number of carbonyl (C=O) groups excluding carboxylic acids is 2. The highest BCUT2D eigenvalue weighted by Crippen LogP contribution is 2.33. The molecule has 4 rings (SSSR count). The number of hydrogen-bond acceptors (Lipinski definition) is 6. The van der Waals surface area contributed by atoms with Crippen LogP contribution in [-0.4, -0.2) is 21.6 Å². The monoisotopic (exact) mass is 455 g/mol. The molecule has 0 unspecified atom stereocenters. The van der Waals surface area contributed by atoms with Crippen molar-refractivity contribution in [2.24, 2.45) is 0 Å². The number of non-ortho nitro benzene ring substituents is 1. The summed E-state index contributed by atoms with van der Waals surface area (Å²) in [6.07, 6.45) is 2.85. The van der Waals surface area contributed by atoms with E-state index in [1.54, 1.807) is 42.5 Å². The van der Waals surface area contributed by atoms with Gasteiger partial charge in [-0.3, -0.25) is 25.0 Å². The second-order valence-corrected chi connectivity index (χ2v) is 7.93. The van der Waals surface area contributed by atoms with Crippen molar-refractivity contribution in [2.45, 2.75) is 0 Å². The van der Waals surface area contributed by atoms with Crippen LogP contribution in [0.25, 0.3) is 17.3 Å². The molecular formula is C25H17N3O4S. The molecule has 0 atom stereocenters. The zero-order chi connectivity index (χ0) is 23.2. The maximum absolute atomic E-state index is 13.1. The molecule has 1 aromatic heterocycles. The summed E-state index contributed by atoms with van der Waals surface area (Å²) in [6.45, 7) is 0. The number of amides is 1. The number of thiazole rings is 1. The van der Waals surface area contributed by atoms with Gasteiger partial charge in [-0.2, -0.15) is 0 Å². The van der Waals surface area contributed by atoms with Crippen LogP contribution in [0.3, 0.4) is 0 Å². The van der Waals surface area contributed by atoms with Crippen molar-refractivity contribution in [1.82, 2.24) is 4.98 Å². The Bertz CT molecular complexity index is 1330. The molecule has 0 saturated heterocycles. The van der Waals surface area contributed by atoms with Crippen molar-refractivity contribution in [3.63, 3.8) is 0 Å². The summed E-state index contributed by atoms with van der Waals surface area (Å²) in [5, 5.41) is 13.7. The van der Waals surface area contributed by atoms with Crippen molar-refractivity contribution >= 4 is 39.9 Å². The number of nitro benzene ring substituents is 1. The Morgan fingerprint density at radius 3 is 2.18 bits per heavy atom. The number of hydrogen-bond donors (Lipinski definition) is 1. The van der Waals surface area contributed by atoms with Crippen molar-refractivity contribution in [3.05, 3.63) is 117 Å². The maximum atomic E-state index is 13.1. The lowest BCUT2D eigenvalue weighted by Gasteiger charge is -2.02. The molecule has 0 aliphatic rings. The Balaban J connectivity index is 1.57. The Hall–Kier alpha value is -4.43. The van der Waals surface area contributed by atoms with E-state index in [9.17, 15) is 19.7 Å². The minimum absolute atomic E-state index is 0.0246. The highest BCUT2D eigenvalue weighted by Gasteiger charge is 2.21. The van der Waals surface area contributed by atoms with Crippen LogP contribution in [0.5, 0.6) is 0 Å². The van der Waals surface area contributed by atoms with Gasteiger partial charge in [0.1, 0.15) is 4.88 Å². The first-order valence-corrected chi connectivity index (χ1v) is 10.7. The number of aromatic nitrogens is 1. The highest BCUT2D eigenvalue weighted by atomic mass is 32.1. The molecule has 7 nitrogen and oxygen atoms in total. The molecule has 162 valence electrons. The van der Waals surface area contributed by atoms with E-state index in [4.69, 9.17) is 0 Å². The van der Waals surface area contributed by atoms with Crippen LogP contribution >= 0.6 is 11.3 Å². The molecule has 33 heavy (non-hydrogen) atoms. The molecule has 0 bridgehead atoms. The van der Waals surface area contributed by atoms with Gasteiger partial charge >= 0.3 is 0 Å². The summed E-state index contributed by atoms with van der Waals surface area (Å²) in [5.41, 5.74) is 2.43. The van der Waals surface area contributed by atoms with Gasteiger partial charge in [0.25, 0.3) is 5.69 Å². The van der Waals surface area contributed by atoms with E-state index in [0.717, 1.165) is 16.9 Å². The van der Waals surface area contributed by atoms with Gasteiger partial charge in [0, 0.05) is 29.3 Å². The average Bonchev–Trinajstić information content (AvgIpc) is 3.27. The fourth-order valence-corrected chi connectivity index (χ4v) is 4.02. The summed E-state index contributed by atoms with van der Waals surface area (Å²) in [5.74, 6) is -0.603. The van der Waals surface area contributed by atoms with Gasteiger partial charge in [0.05, 0.1) is 10.6 Å². The minimum atomic E-state index is -0.485. The molecule has 0 aliphatic heterocycles. The van der Waals surface area contributed by atoms with Crippen LogP contribution < -0.4 is 5.32 Å². The zero-order valence-electron chi connectivity index (χ0n) is 17.2. The van der Waals surface area contributed by atoms with Crippen LogP contribution in [0.4, 0.5) is 10.8 Å². The van der Waals surface area contributed by atoms with Crippen molar-refractivity contribution < 1.29 is 14.5 Å². The van der Waals surface area contributed by atoms with Gasteiger partial charge in [0.2, 0.25) is 11.7 Å². The number of ketones is 1. The van der Waals surface area contributed by atoms with E-state index in [2.05, 4.69) is 10.3 Å². The lowest BCUT2D eigenvalue weighted by Crippen LogP contribution is -2.07. The average molecular weight is 455 g/mol. The molecule has 0 saturated carbocycles. The number of rotatable bonds is 7. The minimum Gasteiger partial charge on any atom is -0.298 e. The van der Waals surface area contributed by atoms with Gasteiger partial charge in [-0.05, 0) is 23.8 Å². The molecule has 0 fully saturated rings. The highest BCUT2D eigenvalue weighted by molar-refractivity contribution is 7.18. The molecule has 0 radical (unpaired) electrons. The summed E-state index contributed by atoms with van der Waals surface area (Å²) in [7, 11) is 0. The van der Waals surface area contributed by atoms with Crippen LogP contribution in [0, 0.1) is 10.1 Å². The summed E-state index contributed by atoms with van der Waals surface area (Å²) in [4.78, 5) is 40.8. The largest absolute Gasteiger partial charge is 0.298 e. The molecule has 0 spiro atoms. The topological polar surface area (TPSA) is 102 Å². The van der Waals surface area contributed by atoms with Gasteiger partial charge in [0.15, 0.2) is 5.13 Å². The number of benzene rings is 3. The second kappa shape index (κ2) is 9.80. The molecular weight excluding hydrogens is 438 g/mol. The first-order valence-electron chi connectivity index (χ1n) is 9.91. The molecule has 0 aliphatic carbocycles. The summed E-state index contributed by atoms with van der Waals surface area (Å²) in [6, 6.07) is 24.0. The Morgan fingerprint density at radius 1 is 0.909 bits per heavy atom. The third kappa shape index (κ3) is 5.25. The second-order valence-electron chi connectivity index (χ2n) is 6.93. The van der Waals surface area contributed by atoms with Crippen LogP contribution in [-0.2, 0) is 4.79 Å². The zero-order valence-corrected chi connectivity index (χ0v) is 18.0. The first kappa shape index (κ1) is 21.8. The van der Waals surface area contributed by atoms with Crippen LogP contribution in [0.15, 0.2) is 91.0 Å². The quantitative estimate of drug-likeness (QED) is 0.169. The molecule has 4 aromatic rings. The molecule has 1 amide bonds. The van der Waals surface area contributed by atoms with E-state index < -0.39 is 10.8 Å². The normalized spacial score (nSPS) is 10.8. The fourth-order valence-electron chi connectivity index (χ4n) is 3.07. The lowest BCUT2D eigenvalue weighted by atomic mass is 10.1. The van der Waals surface area contributed by atoms with Crippen LogP contribution in [0.1, 0.15) is 20.8 Å². The number of nitrogens with one attached hydrogen (secondary N) is 1. The van der Waals surface area contributed by atoms with Crippen LogP contribution in [0.2, 0.25) is 0 Å². The van der Waals surface area contributed by atoms with Gasteiger partial charge in [-0.15, -0.1) is 0 Å². The third-order valence-corrected chi connectivity index (χ3v) is 5.65. The van der Waals surface area contributed by atoms with E-state index in [1.807, 2.05) is 36.4 Å². The summed E-state index contributed by atoms with van der Waals surface area (Å²) >= 11 is 1.11. The number of nitrogens with zero attached hydrogens (tertiary/aromatic N) is 2. The number of nitro groups is 1. The Kier molecular flexibility index (Phi) is 6.47.